The number of benzene rings is 3. The Bertz CT molecular complexity index is 790. The van der Waals surface area contributed by atoms with Gasteiger partial charge in [0.05, 0.1) is 0 Å². The molecule has 1 N–H and O–H groups in total. The Kier molecular flexibility index (Phi) is 2.87. The van der Waals surface area contributed by atoms with Gasteiger partial charge in [0.1, 0.15) is 6.10 Å². The molecule has 1 heteroatoms. The molecule has 3 aromatic carbocycles. The molecule has 0 aliphatic heterocycles. The molecule has 0 fully saturated rings. The molecule has 102 valence electrons. The standard InChI is InChI=1S/C20H16O/c21-20-17-11-5-4-10-16(17)19-15(9-6-12-18(19)20)13-14-7-2-1-3-8-14/h1-12,20-21H,13H2. The van der Waals surface area contributed by atoms with E-state index in [9.17, 15) is 5.11 Å². The summed E-state index contributed by atoms with van der Waals surface area (Å²) in [6.07, 6.45) is 0.400. The number of hydrogen-bond acceptors (Lipinski definition) is 1. The van der Waals surface area contributed by atoms with Gasteiger partial charge < -0.3 is 5.11 Å². The molecule has 0 heterocycles. The lowest BCUT2D eigenvalue weighted by molar-refractivity contribution is 0.225. The van der Waals surface area contributed by atoms with E-state index in [0.29, 0.717) is 0 Å². The third kappa shape index (κ3) is 1.98. The molecular weight excluding hydrogens is 256 g/mol. The second-order valence-corrected chi connectivity index (χ2v) is 5.53. The van der Waals surface area contributed by atoms with Gasteiger partial charge in [-0.1, -0.05) is 72.8 Å². The first-order valence-corrected chi connectivity index (χ1v) is 7.27. The molecule has 1 aliphatic carbocycles. The quantitative estimate of drug-likeness (QED) is 0.735. The fourth-order valence-corrected chi connectivity index (χ4v) is 3.27. The Morgan fingerprint density at radius 2 is 1.43 bits per heavy atom. The van der Waals surface area contributed by atoms with Crippen LogP contribution in [0.25, 0.3) is 11.1 Å². The van der Waals surface area contributed by atoms with Gasteiger partial charge in [-0.05, 0) is 39.8 Å². The van der Waals surface area contributed by atoms with Crippen molar-refractivity contribution in [3.63, 3.8) is 0 Å². The largest absolute Gasteiger partial charge is 0.384 e. The number of aliphatic hydroxyl groups is 1. The van der Waals surface area contributed by atoms with Gasteiger partial charge in [0.2, 0.25) is 0 Å². The number of aliphatic hydroxyl groups excluding tert-OH is 1. The number of rotatable bonds is 2. The molecule has 0 spiro atoms. The Balaban J connectivity index is 1.86. The third-order valence-corrected chi connectivity index (χ3v) is 4.24. The lowest BCUT2D eigenvalue weighted by Crippen LogP contribution is -1.95. The molecule has 1 unspecified atom stereocenters. The van der Waals surface area contributed by atoms with Crippen molar-refractivity contribution in [3.8, 4) is 11.1 Å². The normalized spacial score (nSPS) is 15.6. The zero-order chi connectivity index (χ0) is 14.2. The highest BCUT2D eigenvalue weighted by Gasteiger charge is 2.28. The summed E-state index contributed by atoms with van der Waals surface area (Å²) in [6.45, 7) is 0. The molecule has 1 nitrogen and oxygen atoms in total. The van der Waals surface area contributed by atoms with Crippen LogP contribution in [0.5, 0.6) is 0 Å². The molecule has 4 rings (SSSR count). The van der Waals surface area contributed by atoms with E-state index in [1.165, 1.54) is 22.3 Å². The van der Waals surface area contributed by atoms with Gasteiger partial charge in [-0.2, -0.15) is 0 Å². The maximum absolute atomic E-state index is 10.5. The molecular formula is C20H16O. The van der Waals surface area contributed by atoms with Gasteiger partial charge in [0.25, 0.3) is 0 Å². The van der Waals surface area contributed by atoms with Crippen LogP contribution in [0.3, 0.4) is 0 Å². The summed E-state index contributed by atoms with van der Waals surface area (Å²) in [5.74, 6) is 0. The van der Waals surface area contributed by atoms with Crippen LogP contribution < -0.4 is 0 Å². The van der Waals surface area contributed by atoms with Gasteiger partial charge in [-0.3, -0.25) is 0 Å². The van der Waals surface area contributed by atoms with Crippen LogP contribution in [0.4, 0.5) is 0 Å². The predicted molar refractivity (Wildman–Crippen MR) is 85.2 cm³/mol. The van der Waals surface area contributed by atoms with E-state index in [1.54, 1.807) is 0 Å². The molecule has 1 atom stereocenters. The number of fused-ring (bicyclic) bond motifs is 3. The average molecular weight is 272 g/mol. The van der Waals surface area contributed by atoms with E-state index in [4.69, 9.17) is 0 Å². The molecule has 1 aliphatic rings. The Morgan fingerprint density at radius 3 is 2.29 bits per heavy atom. The lowest BCUT2D eigenvalue weighted by Gasteiger charge is -2.10. The van der Waals surface area contributed by atoms with Crippen LogP contribution in [-0.2, 0) is 6.42 Å². The summed E-state index contributed by atoms with van der Waals surface area (Å²) < 4.78 is 0. The fourth-order valence-electron chi connectivity index (χ4n) is 3.27. The van der Waals surface area contributed by atoms with E-state index >= 15 is 0 Å². The predicted octanol–water partition coefficient (Wildman–Crippen LogP) is 4.34. The summed E-state index contributed by atoms with van der Waals surface area (Å²) >= 11 is 0. The van der Waals surface area contributed by atoms with Gasteiger partial charge in [0, 0.05) is 0 Å². The molecule has 0 bridgehead atoms. The van der Waals surface area contributed by atoms with Crippen molar-refractivity contribution in [2.24, 2.45) is 0 Å². The summed E-state index contributed by atoms with van der Waals surface area (Å²) in [6, 6.07) is 24.9. The van der Waals surface area contributed by atoms with Crippen molar-refractivity contribution in [1.82, 2.24) is 0 Å². The van der Waals surface area contributed by atoms with E-state index in [-0.39, 0.29) is 0 Å². The molecule has 21 heavy (non-hydrogen) atoms. The second kappa shape index (κ2) is 4.87. The smallest absolute Gasteiger partial charge is 0.105 e. The maximum Gasteiger partial charge on any atom is 0.105 e. The zero-order valence-electron chi connectivity index (χ0n) is 11.7. The van der Waals surface area contributed by atoms with Gasteiger partial charge in [-0.25, -0.2) is 0 Å². The minimum atomic E-state index is -0.494. The van der Waals surface area contributed by atoms with E-state index in [1.807, 2.05) is 36.4 Å². The summed E-state index contributed by atoms with van der Waals surface area (Å²) in [5.41, 5.74) is 7.01. The SMILES string of the molecule is OC1c2ccccc2-c2c(Cc3ccccc3)cccc21. The Hall–Kier alpha value is -2.38. The van der Waals surface area contributed by atoms with Gasteiger partial charge in [-0.15, -0.1) is 0 Å². The maximum atomic E-state index is 10.5. The summed E-state index contributed by atoms with van der Waals surface area (Å²) in [4.78, 5) is 0. The average Bonchev–Trinajstić information content (AvgIpc) is 2.83. The van der Waals surface area contributed by atoms with Crippen molar-refractivity contribution in [2.45, 2.75) is 12.5 Å². The zero-order valence-corrected chi connectivity index (χ0v) is 11.7. The van der Waals surface area contributed by atoms with Crippen LogP contribution in [0.1, 0.15) is 28.4 Å². The topological polar surface area (TPSA) is 20.2 Å². The van der Waals surface area contributed by atoms with Crippen molar-refractivity contribution in [2.75, 3.05) is 0 Å². The summed E-state index contributed by atoms with van der Waals surface area (Å²) in [7, 11) is 0. The Morgan fingerprint density at radius 1 is 0.714 bits per heavy atom. The fraction of sp³-hybridized carbons (Fsp3) is 0.100. The van der Waals surface area contributed by atoms with Crippen molar-refractivity contribution in [1.29, 1.82) is 0 Å². The van der Waals surface area contributed by atoms with E-state index < -0.39 is 6.10 Å². The molecule has 0 aromatic heterocycles. The highest BCUT2D eigenvalue weighted by Crippen LogP contribution is 2.45. The monoisotopic (exact) mass is 272 g/mol. The molecule has 0 saturated carbocycles. The number of hydrogen-bond donors (Lipinski definition) is 1. The van der Waals surface area contributed by atoms with Crippen LogP contribution in [0.2, 0.25) is 0 Å². The Labute approximate surface area is 124 Å². The lowest BCUT2D eigenvalue weighted by atomic mass is 9.94. The third-order valence-electron chi connectivity index (χ3n) is 4.24. The molecule has 0 amide bonds. The molecule has 0 saturated heterocycles. The van der Waals surface area contributed by atoms with Crippen LogP contribution in [0, 0.1) is 0 Å². The highest BCUT2D eigenvalue weighted by molar-refractivity contribution is 5.81. The first kappa shape index (κ1) is 12.4. The first-order chi connectivity index (χ1) is 10.3. The minimum Gasteiger partial charge on any atom is -0.384 e. The van der Waals surface area contributed by atoms with Crippen molar-refractivity contribution >= 4 is 0 Å². The first-order valence-electron chi connectivity index (χ1n) is 7.27. The van der Waals surface area contributed by atoms with Crippen LogP contribution >= 0.6 is 0 Å². The van der Waals surface area contributed by atoms with E-state index in [0.717, 1.165) is 17.5 Å². The van der Waals surface area contributed by atoms with Gasteiger partial charge in [0.15, 0.2) is 0 Å². The van der Waals surface area contributed by atoms with E-state index in [2.05, 4.69) is 36.4 Å². The van der Waals surface area contributed by atoms with Crippen LogP contribution in [0.15, 0.2) is 72.8 Å². The molecule has 0 radical (unpaired) electrons. The van der Waals surface area contributed by atoms with Gasteiger partial charge >= 0.3 is 0 Å². The van der Waals surface area contributed by atoms with Crippen LogP contribution in [-0.4, -0.2) is 5.11 Å². The highest BCUT2D eigenvalue weighted by atomic mass is 16.3. The summed E-state index contributed by atoms with van der Waals surface area (Å²) in [5, 5.41) is 10.5. The molecule has 3 aromatic rings. The minimum absolute atomic E-state index is 0.494. The van der Waals surface area contributed by atoms with Crippen molar-refractivity contribution < 1.29 is 5.11 Å². The second-order valence-electron chi connectivity index (χ2n) is 5.53. The van der Waals surface area contributed by atoms with Crippen molar-refractivity contribution in [3.05, 3.63) is 95.1 Å².